The van der Waals surface area contributed by atoms with Crippen molar-refractivity contribution >= 4 is 44.5 Å². The number of nitrogens with zero attached hydrogens (tertiary/aromatic N) is 3. The molecule has 0 radical (unpaired) electrons. The summed E-state index contributed by atoms with van der Waals surface area (Å²) in [4.78, 5) is 13.4. The standard InChI is InChI=1S/C13H19N5O2S2/c1-7-8(2)16-17-13-9(7)10(14)11(21-13)12(19)15-5-6-18(3)22(4)20/h5-6,14H2,1-4H3,(H,15,19). The van der Waals surface area contributed by atoms with E-state index in [1.54, 1.807) is 17.6 Å². The molecule has 120 valence electrons. The maximum Gasteiger partial charge on any atom is 0.263 e. The van der Waals surface area contributed by atoms with E-state index < -0.39 is 11.4 Å². The Hall–Kier alpha value is -1.42. The van der Waals surface area contributed by atoms with Gasteiger partial charge in [-0.1, -0.05) is 0 Å². The smallest absolute Gasteiger partial charge is 0.263 e. The monoisotopic (exact) mass is 341 g/mol. The van der Waals surface area contributed by atoms with Crippen molar-refractivity contribution in [2.24, 2.45) is 0 Å². The highest BCUT2D eigenvalue weighted by Crippen LogP contribution is 2.34. The maximum absolute atomic E-state index is 12.3. The van der Waals surface area contributed by atoms with Gasteiger partial charge in [-0.25, -0.2) is 0 Å². The summed E-state index contributed by atoms with van der Waals surface area (Å²) in [6.07, 6.45) is 1.59. The van der Waals surface area contributed by atoms with E-state index in [-0.39, 0.29) is 5.91 Å². The summed E-state index contributed by atoms with van der Waals surface area (Å²) in [7, 11) is 1.73. The van der Waals surface area contributed by atoms with Crippen molar-refractivity contribution in [1.82, 2.24) is 19.8 Å². The highest BCUT2D eigenvalue weighted by molar-refractivity contribution is 7.88. The maximum atomic E-state index is 12.3. The molecule has 1 unspecified atom stereocenters. The summed E-state index contributed by atoms with van der Waals surface area (Å²) in [6, 6.07) is 0. The van der Waals surface area contributed by atoms with Crippen molar-refractivity contribution in [1.29, 1.82) is 0 Å². The van der Waals surface area contributed by atoms with Gasteiger partial charge < -0.3 is 15.6 Å². The van der Waals surface area contributed by atoms with Crippen LogP contribution in [0, 0.1) is 13.8 Å². The normalized spacial score (nSPS) is 12.8. The summed E-state index contributed by atoms with van der Waals surface area (Å²) >= 11 is 0.185. The van der Waals surface area contributed by atoms with Crippen molar-refractivity contribution in [2.45, 2.75) is 13.8 Å². The van der Waals surface area contributed by atoms with E-state index in [0.29, 0.717) is 28.5 Å². The second-order valence-electron chi connectivity index (χ2n) is 4.97. The number of aryl methyl sites for hydroxylation is 2. The van der Waals surface area contributed by atoms with Gasteiger partial charge in [-0.05, 0) is 19.4 Å². The van der Waals surface area contributed by atoms with Crippen LogP contribution in [0.3, 0.4) is 0 Å². The van der Waals surface area contributed by atoms with Crippen LogP contribution in [-0.4, -0.2) is 51.4 Å². The van der Waals surface area contributed by atoms with Crippen LogP contribution in [-0.2, 0) is 11.4 Å². The minimum atomic E-state index is -1.05. The van der Waals surface area contributed by atoms with Gasteiger partial charge in [0.1, 0.15) is 16.0 Å². The van der Waals surface area contributed by atoms with Gasteiger partial charge in [0.15, 0.2) is 0 Å². The SMILES string of the molecule is Cc1nnc2sc(C(=O)NCCN(C)[S+](C)[O-])c(N)c2c1C. The Balaban J connectivity index is 2.16. The summed E-state index contributed by atoms with van der Waals surface area (Å²) in [5.74, 6) is -0.243. The molecule has 0 saturated carbocycles. The number of nitrogens with two attached hydrogens (primary N) is 1. The number of fused-ring (bicyclic) bond motifs is 1. The molecule has 0 aliphatic heterocycles. The van der Waals surface area contributed by atoms with E-state index in [1.807, 2.05) is 13.8 Å². The van der Waals surface area contributed by atoms with Gasteiger partial charge >= 0.3 is 0 Å². The summed E-state index contributed by atoms with van der Waals surface area (Å²) in [5, 5.41) is 11.7. The largest absolute Gasteiger partial charge is 0.598 e. The number of carbonyl (C=O) groups is 1. The molecule has 0 bridgehead atoms. The molecular formula is C13H19N5O2S2. The average molecular weight is 341 g/mol. The summed E-state index contributed by atoms with van der Waals surface area (Å²) in [6.45, 7) is 4.67. The fourth-order valence-corrected chi connectivity index (χ4v) is 3.31. The molecule has 2 rings (SSSR count). The van der Waals surface area contributed by atoms with Gasteiger partial charge in [0.25, 0.3) is 5.91 Å². The van der Waals surface area contributed by atoms with Crippen LogP contribution in [0.2, 0.25) is 0 Å². The van der Waals surface area contributed by atoms with Crippen molar-refractivity contribution < 1.29 is 9.35 Å². The van der Waals surface area contributed by atoms with Crippen LogP contribution in [0.15, 0.2) is 0 Å². The van der Waals surface area contributed by atoms with Gasteiger partial charge in [-0.15, -0.1) is 20.7 Å². The van der Waals surface area contributed by atoms with E-state index in [4.69, 9.17) is 5.73 Å². The lowest BCUT2D eigenvalue weighted by Gasteiger charge is -2.16. The molecule has 0 aromatic carbocycles. The number of likely N-dealkylation sites (N-methyl/N-ethyl adjacent to an activating group) is 1. The van der Waals surface area contributed by atoms with Crippen LogP contribution >= 0.6 is 11.3 Å². The first-order valence-corrected chi connectivity index (χ1v) is 9.00. The van der Waals surface area contributed by atoms with Gasteiger partial charge in [-0.3, -0.25) is 4.79 Å². The zero-order valence-electron chi connectivity index (χ0n) is 13.0. The zero-order valence-corrected chi connectivity index (χ0v) is 14.6. The zero-order chi connectivity index (χ0) is 16.4. The molecular weight excluding hydrogens is 322 g/mol. The lowest BCUT2D eigenvalue weighted by atomic mass is 10.1. The highest BCUT2D eigenvalue weighted by atomic mass is 32.2. The van der Waals surface area contributed by atoms with Gasteiger partial charge in [0, 0.05) is 30.3 Å². The quantitative estimate of drug-likeness (QED) is 0.781. The Kier molecular flexibility index (Phi) is 5.22. The lowest BCUT2D eigenvalue weighted by molar-refractivity contribution is 0.0957. The molecule has 1 amide bonds. The Labute approximate surface area is 136 Å². The molecule has 22 heavy (non-hydrogen) atoms. The summed E-state index contributed by atoms with van der Waals surface area (Å²) < 4.78 is 12.9. The number of thiophene rings is 1. The van der Waals surface area contributed by atoms with Crippen LogP contribution in [0.25, 0.3) is 10.2 Å². The van der Waals surface area contributed by atoms with Crippen LogP contribution in [0.4, 0.5) is 5.69 Å². The molecule has 0 spiro atoms. The van der Waals surface area contributed by atoms with Gasteiger partial charge in [0.05, 0.1) is 17.9 Å². The molecule has 2 heterocycles. The van der Waals surface area contributed by atoms with E-state index in [1.165, 1.54) is 11.3 Å². The predicted octanol–water partition coefficient (Wildman–Crippen LogP) is 0.845. The number of carbonyl (C=O) groups excluding carboxylic acids is 1. The molecule has 2 aromatic rings. The fourth-order valence-electron chi connectivity index (χ4n) is 1.94. The molecule has 7 nitrogen and oxygen atoms in total. The lowest BCUT2D eigenvalue weighted by Crippen LogP contribution is -2.35. The highest BCUT2D eigenvalue weighted by Gasteiger charge is 2.20. The molecule has 9 heteroatoms. The number of nitrogen functional groups attached to an aromatic ring is 1. The molecule has 0 saturated heterocycles. The third-order valence-electron chi connectivity index (χ3n) is 3.49. The molecule has 1 atom stereocenters. The Morgan fingerprint density at radius 1 is 1.45 bits per heavy atom. The third-order valence-corrected chi connectivity index (χ3v) is 5.64. The van der Waals surface area contributed by atoms with E-state index in [2.05, 4.69) is 15.5 Å². The number of anilines is 1. The number of aromatic nitrogens is 2. The third kappa shape index (κ3) is 3.32. The van der Waals surface area contributed by atoms with Gasteiger partial charge in [0.2, 0.25) is 0 Å². The van der Waals surface area contributed by atoms with E-state index in [9.17, 15) is 9.35 Å². The second kappa shape index (κ2) is 6.78. The predicted molar refractivity (Wildman–Crippen MR) is 90.3 cm³/mol. The molecule has 3 N–H and O–H groups in total. The number of rotatable bonds is 5. The first-order chi connectivity index (χ1) is 10.3. The fraction of sp³-hybridized carbons (Fsp3) is 0.462. The van der Waals surface area contributed by atoms with E-state index >= 15 is 0 Å². The number of hydrogen-bond acceptors (Lipinski definition) is 7. The molecule has 0 aliphatic carbocycles. The van der Waals surface area contributed by atoms with Gasteiger partial charge in [-0.2, -0.15) is 5.10 Å². The Morgan fingerprint density at radius 3 is 2.77 bits per heavy atom. The molecule has 2 aromatic heterocycles. The van der Waals surface area contributed by atoms with Crippen molar-refractivity contribution in [3.63, 3.8) is 0 Å². The van der Waals surface area contributed by atoms with Crippen LogP contribution in [0.5, 0.6) is 0 Å². The topological polar surface area (TPSA) is 107 Å². The number of nitrogens with one attached hydrogen (secondary N) is 1. The molecule has 0 aliphatic rings. The van der Waals surface area contributed by atoms with Crippen LogP contribution in [0.1, 0.15) is 20.9 Å². The first-order valence-electron chi connectivity index (χ1n) is 6.67. The average Bonchev–Trinajstić information content (AvgIpc) is 2.80. The number of amides is 1. The minimum absolute atomic E-state index is 0.243. The van der Waals surface area contributed by atoms with Crippen molar-refractivity contribution in [2.75, 3.05) is 32.1 Å². The van der Waals surface area contributed by atoms with Crippen molar-refractivity contribution in [3.8, 4) is 0 Å². The first kappa shape index (κ1) is 16.9. The Morgan fingerprint density at radius 2 is 2.14 bits per heavy atom. The van der Waals surface area contributed by atoms with E-state index in [0.717, 1.165) is 16.6 Å². The second-order valence-corrected chi connectivity index (χ2v) is 7.44. The Bertz CT molecular complexity index is 701. The summed E-state index contributed by atoms with van der Waals surface area (Å²) in [5.41, 5.74) is 8.30. The van der Waals surface area contributed by atoms with Crippen LogP contribution < -0.4 is 11.1 Å². The number of hydrogen-bond donors (Lipinski definition) is 2. The molecule has 0 fully saturated rings. The minimum Gasteiger partial charge on any atom is -0.598 e. The van der Waals surface area contributed by atoms with Crippen molar-refractivity contribution in [3.05, 3.63) is 16.1 Å².